The summed E-state index contributed by atoms with van der Waals surface area (Å²) in [5, 5.41) is 1.45. The molecule has 2 rings (SSSR count). The normalized spacial score (nSPS) is 11.4. The van der Waals surface area contributed by atoms with Gasteiger partial charge < -0.3 is 0 Å². The summed E-state index contributed by atoms with van der Waals surface area (Å²) in [6.07, 6.45) is 0. The molecule has 0 aliphatic heterocycles. The first-order valence-electron chi connectivity index (χ1n) is 6.19. The van der Waals surface area contributed by atoms with E-state index in [-0.39, 0.29) is 0 Å². The van der Waals surface area contributed by atoms with Crippen LogP contribution >= 0.6 is 17.2 Å². The topological polar surface area (TPSA) is 0 Å². The molecule has 0 aliphatic carbocycles. The lowest BCUT2D eigenvalue weighted by molar-refractivity contribution is 1.32. The van der Waals surface area contributed by atoms with E-state index in [0.717, 1.165) is 8.27 Å². The molecular weight excluding hydrogens is 254 g/mol. The van der Waals surface area contributed by atoms with Crippen molar-refractivity contribution in [2.45, 2.75) is 27.7 Å². The first kappa shape index (κ1) is 13.7. The van der Waals surface area contributed by atoms with Crippen molar-refractivity contribution in [1.82, 2.24) is 0 Å². The zero-order valence-corrected chi connectivity index (χ0v) is 13.6. The minimum Gasteiger partial charge on any atom is -0.110 e. The fraction of sp³-hybridized carbons (Fsp3) is 0.250. The first-order chi connectivity index (χ1) is 8.54. The summed E-state index contributed by atoms with van der Waals surface area (Å²) >= 11 is 0. The molecular formula is C16H20P2. The molecule has 0 spiro atoms. The third-order valence-corrected chi connectivity index (χ3v) is 5.55. The molecule has 0 N–H and O–H groups in total. The van der Waals surface area contributed by atoms with Crippen LogP contribution in [0.25, 0.3) is 11.1 Å². The van der Waals surface area contributed by atoms with Crippen molar-refractivity contribution in [3.8, 4) is 11.1 Å². The van der Waals surface area contributed by atoms with Crippen LogP contribution in [0.2, 0.25) is 0 Å². The van der Waals surface area contributed by atoms with Gasteiger partial charge in [-0.15, -0.1) is 8.93 Å². The highest BCUT2D eigenvalue weighted by Crippen LogP contribution is 2.30. The highest BCUT2D eigenvalue weighted by molar-refractivity contribution is 8.06. The molecule has 0 nitrogen and oxygen atoms in total. The van der Waals surface area contributed by atoms with E-state index >= 15 is 0 Å². The molecule has 2 unspecified atom stereocenters. The van der Waals surface area contributed by atoms with E-state index in [9.17, 15) is 0 Å². The van der Waals surface area contributed by atoms with Crippen LogP contribution in [-0.4, -0.2) is 0 Å². The smallest absolute Gasteiger partial charge is 0.0152 e. The number of benzene rings is 2. The largest absolute Gasteiger partial charge is 0.110 e. The van der Waals surface area contributed by atoms with Crippen molar-refractivity contribution in [3.05, 3.63) is 52.6 Å². The summed E-state index contributed by atoms with van der Waals surface area (Å²) < 4.78 is 0. The summed E-state index contributed by atoms with van der Waals surface area (Å²) in [6.45, 7) is 8.80. The van der Waals surface area contributed by atoms with Gasteiger partial charge >= 0.3 is 0 Å². The Labute approximate surface area is 114 Å². The Hall–Kier alpha value is -0.700. The van der Waals surface area contributed by atoms with Crippen LogP contribution < -0.4 is 5.30 Å². The fourth-order valence-electron chi connectivity index (χ4n) is 2.20. The van der Waals surface area contributed by atoms with Crippen molar-refractivity contribution < 1.29 is 0 Å². The lowest BCUT2D eigenvalue weighted by Gasteiger charge is -2.13. The van der Waals surface area contributed by atoms with Gasteiger partial charge in [0.15, 0.2) is 0 Å². The molecule has 0 fully saturated rings. The molecule has 0 saturated heterocycles. The van der Waals surface area contributed by atoms with Crippen molar-refractivity contribution in [2.75, 3.05) is 0 Å². The SMILES string of the molecule is Cc1ccc(-c2ccc(PP)c(C)c2C)cc1C. The van der Waals surface area contributed by atoms with Crippen molar-refractivity contribution in [3.63, 3.8) is 0 Å². The second-order valence-electron chi connectivity index (χ2n) is 4.85. The van der Waals surface area contributed by atoms with Gasteiger partial charge in [-0.3, -0.25) is 0 Å². The molecule has 0 heterocycles. The molecule has 0 saturated carbocycles. The molecule has 18 heavy (non-hydrogen) atoms. The molecule has 0 amide bonds. The molecule has 2 heteroatoms. The second kappa shape index (κ2) is 5.52. The van der Waals surface area contributed by atoms with Crippen LogP contribution in [0.3, 0.4) is 0 Å². The van der Waals surface area contributed by atoms with Gasteiger partial charge in [-0.1, -0.05) is 38.6 Å². The van der Waals surface area contributed by atoms with Crippen LogP contribution in [-0.2, 0) is 0 Å². The zero-order chi connectivity index (χ0) is 13.3. The molecule has 0 radical (unpaired) electrons. The number of hydrogen-bond acceptors (Lipinski definition) is 0. The highest BCUT2D eigenvalue weighted by atomic mass is 32.0. The van der Waals surface area contributed by atoms with Crippen LogP contribution in [0, 0.1) is 27.7 Å². The van der Waals surface area contributed by atoms with Crippen LogP contribution in [0.4, 0.5) is 0 Å². The van der Waals surface area contributed by atoms with E-state index in [4.69, 9.17) is 0 Å². The maximum atomic E-state index is 2.84. The monoisotopic (exact) mass is 274 g/mol. The van der Waals surface area contributed by atoms with Gasteiger partial charge in [-0.25, -0.2) is 0 Å². The van der Waals surface area contributed by atoms with E-state index in [1.807, 2.05) is 0 Å². The van der Waals surface area contributed by atoms with Crippen molar-refractivity contribution >= 4 is 22.5 Å². The molecule has 0 aliphatic rings. The quantitative estimate of drug-likeness (QED) is 0.697. The summed E-state index contributed by atoms with van der Waals surface area (Å²) in [6, 6.07) is 11.3. The minimum atomic E-state index is 0.792. The Balaban J connectivity index is 2.57. The average molecular weight is 274 g/mol. The number of rotatable bonds is 2. The van der Waals surface area contributed by atoms with Gasteiger partial charge in [-0.2, -0.15) is 0 Å². The van der Waals surface area contributed by atoms with Gasteiger partial charge in [0.2, 0.25) is 0 Å². The predicted octanol–water partition coefficient (Wildman–Crippen LogP) is 4.68. The van der Waals surface area contributed by atoms with E-state index in [1.165, 1.54) is 38.7 Å². The maximum absolute atomic E-state index is 2.84. The Morgan fingerprint density at radius 3 is 2.17 bits per heavy atom. The predicted molar refractivity (Wildman–Crippen MR) is 88.5 cm³/mol. The fourth-order valence-corrected chi connectivity index (χ4v) is 3.72. The van der Waals surface area contributed by atoms with Gasteiger partial charge in [0.25, 0.3) is 0 Å². The van der Waals surface area contributed by atoms with Gasteiger partial charge in [0.05, 0.1) is 0 Å². The molecule has 0 bridgehead atoms. The third-order valence-electron chi connectivity index (χ3n) is 3.76. The lowest BCUT2D eigenvalue weighted by Crippen LogP contribution is -2.02. The molecule has 94 valence electrons. The average Bonchev–Trinajstić information content (AvgIpc) is 2.36. The zero-order valence-electron chi connectivity index (χ0n) is 11.5. The number of hydrogen-bond donors (Lipinski definition) is 0. The molecule has 0 aromatic heterocycles. The molecule has 2 aromatic carbocycles. The summed E-state index contributed by atoms with van der Waals surface area (Å²) in [5.41, 5.74) is 8.25. The standard InChI is InChI=1S/C16H20P2/c1-10-5-6-14(9-11(10)2)15-7-8-16(18-17)13(4)12(15)3/h5-9,18H,17H2,1-4H3. The maximum Gasteiger partial charge on any atom is -0.0152 e. The summed E-state index contributed by atoms with van der Waals surface area (Å²) in [7, 11) is 3.63. The van der Waals surface area contributed by atoms with E-state index < -0.39 is 0 Å². The van der Waals surface area contributed by atoms with Gasteiger partial charge in [-0.05, 0) is 66.4 Å². The molecule has 2 aromatic rings. The Kier molecular flexibility index (Phi) is 4.21. The van der Waals surface area contributed by atoms with Gasteiger partial charge in [0.1, 0.15) is 0 Å². The van der Waals surface area contributed by atoms with Crippen molar-refractivity contribution in [1.29, 1.82) is 0 Å². The Bertz CT molecular complexity index is 586. The Morgan fingerprint density at radius 1 is 0.833 bits per heavy atom. The summed E-state index contributed by atoms with van der Waals surface area (Å²) in [5.74, 6) is 0. The third kappa shape index (κ3) is 2.51. The highest BCUT2D eigenvalue weighted by Gasteiger charge is 2.07. The second-order valence-corrected chi connectivity index (χ2v) is 6.55. The minimum absolute atomic E-state index is 0.792. The van der Waals surface area contributed by atoms with E-state index in [1.54, 1.807) is 0 Å². The first-order valence-corrected chi connectivity index (χ1v) is 9.00. The lowest BCUT2D eigenvalue weighted by atomic mass is 9.95. The Morgan fingerprint density at radius 2 is 1.56 bits per heavy atom. The van der Waals surface area contributed by atoms with Crippen molar-refractivity contribution in [2.24, 2.45) is 0 Å². The number of aryl methyl sites for hydroxylation is 2. The van der Waals surface area contributed by atoms with E-state index in [0.29, 0.717) is 0 Å². The van der Waals surface area contributed by atoms with Crippen LogP contribution in [0.5, 0.6) is 0 Å². The van der Waals surface area contributed by atoms with E-state index in [2.05, 4.69) is 67.0 Å². The molecule has 2 atom stereocenters. The van der Waals surface area contributed by atoms with Crippen LogP contribution in [0.1, 0.15) is 22.3 Å². The van der Waals surface area contributed by atoms with Crippen LogP contribution in [0.15, 0.2) is 30.3 Å². The summed E-state index contributed by atoms with van der Waals surface area (Å²) in [4.78, 5) is 0. The van der Waals surface area contributed by atoms with Gasteiger partial charge in [0, 0.05) is 0 Å².